The number of carbonyl (C=O) groups is 1. The van der Waals surface area contributed by atoms with E-state index in [9.17, 15) is 4.79 Å². The Morgan fingerprint density at radius 2 is 2.07 bits per heavy atom. The zero-order valence-electron chi connectivity index (χ0n) is 16.9. The molecule has 1 aromatic carbocycles. The average molecular weight is 408 g/mol. The highest BCUT2D eigenvalue weighted by atomic mass is 16.7. The van der Waals surface area contributed by atoms with Crippen LogP contribution in [0.3, 0.4) is 0 Å². The molecule has 3 aromatic rings. The van der Waals surface area contributed by atoms with Crippen LogP contribution < -0.4 is 9.64 Å². The summed E-state index contributed by atoms with van der Waals surface area (Å²) in [6.07, 6.45) is 3.82. The SMILES string of the molecule is COCOc1cccc(-c2nc(N3CCOCC3)c3ncc(CCC=O)cc3n2)c1. The molecule has 1 aliphatic heterocycles. The quantitative estimate of drug-likeness (QED) is 0.415. The molecule has 1 fully saturated rings. The lowest BCUT2D eigenvalue weighted by Crippen LogP contribution is -2.37. The second-order valence-electron chi connectivity index (χ2n) is 6.97. The van der Waals surface area contributed by atoms with Gasteiger partial charge in [-0.15, -0.1) is 0 Å². The summed E-state index contributed by atoms with van der Waals surface area (Å²) in [7, 11) is 1.58. The van der Waals surface area contributed by atoms with Crippen molar-refractivity contribution in [3.63, 3.8) is 0 Å². The molecular formula is C22H24N4O4. The van der Waals surface area contributed by atoms with Crippen LogP contribution in [0.2, 0.25) is 0 Å². The fourth-order valence-corrected chi connectivity index (χ4v) is 3.38. The van der Waals surface area contributed by atoms with Crippen molar-refractivity contribution in [1.29, 1.82) is 0 Å². The molecule has 1 aliphatic rings. The maximum Gasteiger partial charge on any atom is 0.188 e. The van der Waals surface area contributed by atoms with Gasteiger partial charge < -0.3 is 23.9 Å². The van der Waals surface area contributed by atoms with E-state index in [0.29, 0.717) is 37.6 Å². The van der Waals surface area contributed by atoms with Crippen LogP contribution in [0.1, 0.15) is 12.0 Å². The van der Waals surface area contributed by atoms with Crippen molar-refractivity contribution in [1.82, 2.24) is 15.0 Å². The normalized spacial score (nSPS) is 14.1. The molecular weight excluding hydrogens is 384 g/mol. The molecule has 0 bridgehead atoms. The number of aryl methyl sites for hydroxylation is 1. The largest absolute Gasteiger partial charge is 0.468 e. The number of ether oxygens (including phenoxy) is 3. The third-order valence-corrected chi connectivity index (χ3v) is 4.87. The summed E-state index contributed by atoms with van der Waals surface area (Å²) in [5, 5.41) is 0. The van der Waals surface area contributed by atoms with Crippen molar-refractivity contribution in [3.05, 3.63) is 42.1 Å². The van der Waals surface area contributed by atoms with Gasteiger partial charge in [0, 0.05) is 38.4 Å². The smallest absolute Gasteiger partial charge is 0.188 e. The van der Waals surface area contributed by atoms with Crippen LogP contribution in [0, 0.1) is 0 Å². The molecule has 3 heterocycles. The van der Waals surface area contributed by atoms with Gasteiger partial charge in [0.25, 0.3) is 0 Å². The number of benzene rings is 1. The zero-order valence-corrected chi connectivity index (χ0v) is 16.9. The molecule has 0 saturated carbocycles. The zero-order chi connectivity index (χ0) is 20.8. The third-order valence-electron chi connectivity index (χ3n) is 4.87. The molecule has 1 saturated heterocycles. The maximum atomic E-state index is 10.8. The summed E-state index contributed by atoms with van der Waals surface area (Å²) < 4.78 is 16.1. The first-order valence-corrected chi connectivity index (χ1v) is 9.93. The molecule has 0 spiro atoms. The molecule has 156 valence electrons. The Hall–Kier alpha value is -3.10. The average Bonchev–Trinajstić information content (AvgIpc) is 2.81. The van der Waals surface area contributed by atoms with Crippen molar-refractivity contribution in [3.8, 4) is 17.1 Å². The summed E-state index contributed by atoms with van der Waals surface area (Å²) in [6.45, 7) is 2.97. The van der Waals surface area contributed by atoms with Crippen molar-refractivity contribution >= 4 is 23.1 Å². The van der Waals surface area contributed by atoms with E-state index >= 15 is 0 Å². The van der Waals surface area contributed by atoms with E-state index in [1.165, 1.54) is 0 Å². The summed E-state index contributed by atoms with van der Waals surface area (Å²) in [5.41, 5.74) is 3.33. The topological polar surface area (TPSA) is 86.7 Å². The van der Waals surface area contributed by atoms with Crippen LogP contribution >= 0.6 is 0 Å². The van der Waals surface area contributed by atoms with Crippen LogP contribution in [0.5, 0.6) is 5.75 Å². The van der Waals surface area contributed by atoms with Gasteiger partial charge in [-0.3, -0.25) is 4.98 Å². The van der Waals surface area contributed by atoms with E-state index in [1.54, 1.807) is 13.3 Å². The van der Waals surface area contributed by atoms with Gasteiger partial charge in [-0.25, -0.2) is 9.97 Å². The highest BCUT2D eigenvalue weighted by molar-refractivity contribution is 5.88. The maximum absolute atomic E-state index is 10.8. The van der Waals surface area contributed by atoms with Crippen LogP contribution in [0.15, 0.2) is 36.5 Å². The molecule has 2 aromatic heterocycles. The third kappa shape index (κ3) is 4.55. The molecule has 8 nitrogen and oxygen atoms in total. The molecule has 0 N–H and O–H groups in total. The highest BCUT2D eigenvalue weighted by Crippen LogP contribution is 2.29. The van der Waals surface area contributed by atoms with Crippen molar-refractivity contribution < 1.29 is 19.0 Å². The molecule has 0 atom stereocenters. The summed E-state index contributed by atoms with van der Waals surface area (Å²) in [4.78, 5) is 27.2. The van der Waals surface area contributed by atoms with Crippen LogP contribution in [-0.4, -0.2) is 61.4 Å². The van der Waals surface area contributed by atoms with E-state index in [1.807, 2.05) is 30.3 Å². The minimum Gasteiger partial charge on any atom is -0.468 e. The number of hydrogen-bond acceptors (Lipinski definition) is 8. The monoisotopic (exact) mass is 408 g/mol. The lowest BCUT2D eigenvalue weighted by Gasteiger charge is -2.28. The molecule has 0 amide bonds. The van der Waals surface area contributed by atoms with Crippen molar-refractivity contribution in [2.75, 3.05) is 45.1 Å². The Labute approximate surface area is 174 Å². The van der Waals surface area contributed by atoms with Gasteiger partial charge in [-0.1, -0.05) is 12.1 Å². The number of nitrogens with zero attached hydrogens (tertiary/aromatic N) is 4. The van der Waals surface area contributed by atoms with Gasteiger partial charge in [-0.2, -0.15) is 0 Å². The van der Waals surface area contributed by atoms with E-state index in [2.05, 4.69) is 9.88 Å². The molecule has 0 unspecified atom stereocenters. The number of pyridine rings is 1. The van der Waals surface area contributed by atoms with E-state index in [-0.39, 0.29) is 6.79 Å². The number of aromatic nitrogens is 3. The van der Waals surface area contributed by atoms with Gasteiger partial charge in [0.05, 0.1) is 18.7 Å². The predicted octanol–water partition coefficient (Wildman–Crippen LogP) is 2.64. The minimum atomic E-state index is 0.172. The summed E-state index contributed by atoms with van der Waals surface area (Å²) >= 11 is 0. The van der Waals surface area contributed by atoms with Gasteiger partial charge in [-0.05, 0) is 30.2 Å². The lowest BCUT2D eigenvalue weighted by molar-refractivity contribution is -0.107. The second-order valence-corrected chi connectivity index (χ2v) is 6.97. The minimum absolute atomic E-state index is 0.172. The summed E-state index contributed by atoms with van der Waals surface area (Å²) in [5.74, 6) is 2.08. The van der Waals surface area contributed by atoms with Gasteiger partial charge in [0.2, 0.25) is 0 Å². The molecule has 0 aliphatic carbocycles. The number of morpholine rings is 1. The van der Waals surface area contributed by atoms with Crippen LogP contribution in [0.25, 0.3) is 22.4 Å². The Balaban J connectivity index is 1.79. The first kappa shape index (κ1) is 20.2. The van der Waals surface area contributed by atoms with Crippen molar-refractivity contribution in [2.45, 2.75) is 12.8 Å². The lowest BCUT2D eigenvalue weighted by atomic mass is 10.1. The molecule has 8 heteroatoms. The standard InChI is InChI=1S/C22H24N4O4/c1-28-15-30-18-6-2-5-17(13-18)21-24-19-12-16(4-3-9-27)14-23-20(19)22(25-21)26-7-10-29-11-8-26/h2,5-6,9,12-14H,3-4,7-8,10-11,15H2,1H3. The Bertz CT molecular complexity index is 1020. The molecule has 30 heavy (non-hydrogen) atoms. The Morgan fingerprint density at radius 1 is 1.20 bits per heavy atom. The second kappa shape index (κ2) is 9.60. The fraction of sp³-hybridized carbons (Fsp3) is 0.364. The molecule has 4 rings (SSSR count). The number of methoxy groups -OCH3 is 1. The first-order valence-electron chi connectivity index (χ1n) is 9.93. The Morgan fingerprint density at radius 3 is 2.87 bits per heavy atom. The van der Waals surface area contributed by atoms with E-state index in [4.69, 9.17) is 24.2 Å². The number of carbonyl (C=O) groups excluding carboxylic acids is 1. The molecule has 0 radical (unpaired) electrons. The van der Waals surface area contributed by atoms with E-state index < -0.39 is 0 Å². The number of anilines is 1. The number of hydrogen-bond donors (Lipinski definition) is 0. The fourth-order valence-electron chi connectivity index (χ4n) is 3.38. The van der Waals surface area contributed by atoms with Crippen molar-refractivity contribution in [2.24, 2.45) is 0 Å². The highest BCUT2D eigenvalue weighted by Gasteiger charge is 2.19. The van der Waals surface area contributed by atoms with Crippen LogP contribution in [-0.2, 0) is 20.7 Å². The predicted molar refractivity (Wildman–Crippen MR) is 113 cm³/mol. The Kier molecular flexibility index (Phi) is 6.46. The first-order chi connectivity index (χ1) is 14.8. The van der Waals surface area contributed by atoms with Gasteiger partial charge >= 0.3 is 0 Å². The number of fused-ring (bicyclic) bond motifs is 1. The van der Waals surface area contributed by atoms with E-state index in [0.717, 1.165) is 47.4 Å². The summed E-state index contributed by atoms with van der Waals surface area (Å²) in [6, 6.07) is 9.61. The van der Waals surface area contributed by atoms with Gasteiger partial charge in [0.15, 0.2) is 18.4 Å². The van der Waals surface area contributed by atoms with Crippen LogP contribution in [0.4, 0.5) is 5.82 Å². The van der Waals surface area contributed by atoms with Gasteiger partial charge in [0.1, 0.15) is 17.6 Å². The number of aldehydes is 1. The number of rotatable bonds is 8.